The van der Waals surface area contributed by atoms with Crippen LogP contribution in [0.5, 0.6) is 5.75 Å². The van der Waals surface area contributed by atoms with E-state index in [1.165, 1.54) is 4.88 Å². The molecule has 1 aliphatic heterocycles. The third kappa shape index (κ3) is 4.54. The number of nitrogens with one attached hydrogen (secondary N) is 1. The van der Waals surface area contributed by atoms with Gasteiger partial charge in [0.05, 0.1) is 12.8 Å². The molecule has 7 heteroatoms. The minimum absolute atomic E-state index is 0.0281. The number of benzene rings is 1. The first kappa shape index (κ1) is 18.3. The lowest BCUT2D eigenvalue weighted by Gasteiger charge is -2.34. The van der Waals surface area contributed by atoms with Crippen molar-refractivity contribution in [2.24, 2.45) is 0 Å². The van der Waals surface area contributed by atoms with Gasteiger partial charge in [-0.15, -0.1) is 11.3 Å². The van der Waals surface area contributed by atoms with Crippen molar-refractivity contribution in [2.45, 2.75) is 12.8 Å². The van der Waals surface area contributed by atoms with Gasteiger partial charge < -0.3 is 19.9 Å². The van der Waals surface area contributed by atoms with Crippen LogP contribution >= 0.6 is 11.3 Å². The van der Waals surface area contributed by atoms with E-state index in [1.54, 1.807) is 23.3 Å². The lowest BCUT2D eigenvalue weighted by Crippen LogP contribution is -2.45. The number of anilines is 2. The zero-order chi connectivity index (χ0) is 18.4. The summed E-state index contributed by atoms with van der Waals surface area (Å²) in [5.74, 6) is 0.615. The molecule has 1 aliphatic rings. The van der Waals surface area contributed by atoms with Crippen LogP contribution < -0.4 is 15.0 Å². The van der Waals surface area contributed by atoms with Gasteiger partial charge in [-0.1, -0.05) is 6.07 Å². The number of rotatable bonds is 7. The van der Waals surface area contributed by atoms with Crippen molar-refractivity contribution in [3.63, 3.8) is 0 Å². The van der Waals surface area contributed by atoms with Crippen LogP contribution in [0.25, 0.3) is 0 Å². The summed E-state index contributed by atoms with van der Waals surface area (Å²) < 4.78 is 5.39. The standard InChI is InChI=1S/C19H23N3O3S/c1-25-18-6-4-15(22-10-8-21(14-23)9-11-22)13-17(18)20-19(24)7-5-16-3-2-12-26-16/h2-4,6,12-14H,5,7-11H2,1H3,(H,20,24). The number of aryl methyl sites for hydroxylation is 1. The maximum atomic E-state index is 12.3. The Balaban J connectivity index is 1.65. The minimum Gasteiger partial charge on any atom is -0.495 e. The van der Waals surface area contributed by atoms with E-state index in [2.05, 4.69) is 10.2 Å². The van der Waals surface area contributed by atoms with E-state index >= 15 is 0 Å². The van der Waals surface area contributed by atoms with Crippen LogP contribution in [0.15, 0.2) is 35.7 Å². The van der Waals surface area contributed by atoms with Crippen molar-refractivity contribution in [2.75, 3.05) is 43.5 Å². The number of hydrogen-bond acceptors (Lipinski definition) is 5. The number of ether oxygens (including phenoxy) is 1. The van der Waals surface area contributed by atoms with Gasteiger partial charge >= 0.3 is 0 Å². The zero-order valence-electron chi connectivity index (χ0n) is 14.8. The minimum atomic E-state index is -0.0281. The van der Waals surface area contributed by atoms with E-state index in [0.717, 1.165) is 31.6 Å². The highest BCUT2D eigenvalue weighted by atomic mass is 32.1. The Hall–Kier alpha value is -2.54. The fourth-order valence-electron chi connectivity index (χ4n) is 2.98. The third-order valence-corrected chi connectivity index (χ3v) is 5.40. The average Bonchev–Trinajstić information content (AvgIpc) is 3.20. The van der Waals surface area contributed by atoms with Gasteiger partial charge in [-0.3, -0.25) is 9.59 Å². The molecule has 1 saturated heterocycles. The average molecular weight is 373 g/mol. The number of methoxy groups -OCH3 is 1. The van der Waals surface area contributed by atoms with Gasteiger partial charge in [-0.2, -0.15) is 0 Å². The molecular formula is C19H23N3O3S. The second kappa shape index (κ2) is 8.71. The first-order chi connectivity index (χ1) is 12.7. The van der Waals surface area contributed by atoms with Crippen molar-refractivity contribution in [3.05, 3.63) is 40.6 Å². The highest BCUT2D eigenvalue weighted by molar-refractivity contribution is 7.09. The molecule has 0 atom stereocenters. The maximum Gasteiger partial charge on any atom is 0.224 e. The second-order valence-corrected chi connectivity index (χ2v) is 7.17. The molecular weight excluding hydrogens is 350 g/mol. The molecule has 1 fully saturated rings. The molecule has 2 heterocycles. The molecule has 1 aromatic carbocycles. The zero-order valence-corrected chi connectivity index (χ0v) is 15.6. The Morgan fingerprint density at radius 1 is 1.27 bits per heavy atom. The largest absolute Gasteiger partial charge is 0.495 e. The molecule has 1 aromatic heterocycles. The van der Waals surface area contributed by atoms with Crippen LogP contribution in [0, 0.1) is 0 Å². The topological polar surface area (TPSA) is 61.9 Å². The summed E-state index contributed by atoms with van der Waals surface area (Å²) in [4.78, 5) is 28.4. The van der Waals surface area contributed by atoms with E-state index in [-0.39, 0.29) is 5.91 Å². The molecule has 0 saturated carbocycles. The summed E-state index contributed by atoms with van der Waals surface area (Å²) >= 11 is 1.66. The summed E-state index contributed by atoms with van der Waals surface area (Å²) in [6.07, 6.45) is 2.07. The first-order valence-corrected chi connectivity index (χ1v) is 9.52. The van der Waals surface area contributed by atoms with Gasteiger partial charge in [0.2, 0.25) is 12.3 Å². The monoisotopic (exact) mass is 373 g/mol. The predicted octanol–water partition coefficient (Wildman–Crippen LogP) is 2.61. The highest BCUT2D eigenvalue weighted by Crippen LogP contribution is 2.30. The van der Waals surface area contributed by atoms with Gasteiger partial charge in [0.15, 0.2) is 0 Å². The normalized spacial score (nSPS) is 14.2. The van der Waals surface area contributed by atoms with E-state index in [1.807, 2.05) is 35.7 Å². The third-order valence-electron chi connectivity index (χ3n) is 4.46. The highest BCUT2D eigenvalue weighted by Gasteiger charge is 2.17. The smallest absolute Gasteiger partial charge is 0.224 e. The van der Waals surface area contributed by atoms with Crippen molar-refractivity contribution >= 4 is 35.0 Å². The van der Waals surface area contributed by atoms with E-state index in [9.17, 15) is 9.59 Å². The van der Waals surface area contributed by atoms with E-state index in [0.29, 0.717) is 30.9 Å². The summed E-state index contributed by atoms with van der Waals surface area (Å²) in [5.41, 5.74) is 1.70. The van der Waals surface area contributed by atoms with Crippen LogP contribution in [0.4, 0.5) is 11.4 Å². The summed E-state index contributed by atoms with van der Waals surface area (Å²) in [6.45, 7) is 2.96. The Morgan fingerprint density at radius 3 is 2.73 bits per heavy atom. The molecule has 0 bridgehead atoms. The van der Waals surface area contributed by atoms with Crippen molar-refractivity contribution in [1.82, 2.24) is 4.90 Å². The molecule has 2 amide bonds. The van der Waals surface area contributed by atoms with Crippen LogP contribution in [-0.4, -0.2) is 50.5 Å². The summed E-state index contributed by atoms with van der Waals surface area (Å²) in [5, 5.41) is 4.99. The number of amides is 2. The van der Waals surface area contributed by atoms with Gasteiger partial charge in [-0.25, -0.2) is 0 Å². The second-order valence-electron chi connectivity index (χ2n) is 6.14. The van der Waals surface area contributed by atoms with Crippen molar-refractivity contribution in [3.8, 4) is 5.75 Å². The fraction of sp³-hybridized carbons (Fsp3) is 0.368. The van der Waals surface area contributed by atoms with Crippen molar-refractivity contribution < 1.29 is 14.3 Å². The summed E-state index contributed by atoms with van der Waals surface area (Å²) in [7, 11) is 1.60. The van der Waals surface area contributed by atoms with Crippen molar-refractivity contribution in [1.29, 1.82) is 0 Å². The van der Waals surface area contributed by atoms with Gasteiger partial charge in [-0.05, 0) is 36.1 Å². The summed E-state index contributed by atoms with van der Waals surface area (Å²) in [6, 6.07) is 9.83. The Kier molecular flexibility index (Phi) is 6.12. The number of hydrogen-bond donors (Lipinski definition) is 1. The SMILES string of the molecule is COc1ccc(N2CCN(C=O)CC2)cc1NC(=O)CCc1cccs1. The number of carbonyl (C=O) groups excluding carboxylic acids is 2. The molecule has 0 radical (unpaired) electrons. The number of nitrogens with zero attached hydrogens (tertiary/aromatic N) is 2. The fourth-order valence-corrected chi connectivity index (χ4v) is 3.69. The molecule has 138 valence electrons. The van der Waals surface area contributed by atoms with Crippen LogP contribution in [0.3, 0.4) is 0 Å². The first-order valence-electron chi connectivity index (χ1n) is 8.64. The van der Waals surface area contributed by atoms with E-state index < -0.39 is 0 Å². The predicted molar refractivity (Wildman–Crippen MR) is 104 cm³/mol. The molecule has 0 unspecified atom stereocenters. The Morgan fingerprint density at radius 2 is 2.08 bits per heavy atom. The molecule has 2 aromatic rings. The van der Waals surface area contributed by atoms with Crippen LogP contribution in [-0.2, 0) is 16.0 Å². The molecule has 26 heavy (non-hydrogen) atoms. The van der Waals surface area contributed by atoms with E-state index in [4.69, 9.17) is 4.74 Å². The molecule has 1 N–H and O–H groups in total. The number of thiophene rings is 1. The molecule has 3 rings (SSSR count). The van der Waals surface area contributed by atoms with Crippen LogP contribution in [0.2, 0.25) is 0 Å². The lowest BCUT2D eigenvalue weighted by molar-refractivity contribution is -0.118. The molecule has 0 spiro atoms. The maximum absolute atomic E-state index is 12.3. The van der Waals surface area contributed by atoms with Gasteiger partial charge in [0.25, 0.3) is 0 Å². The Bertz CT molecular complexity index is 740. The van der Waals surface area contributed by atoms with Gasteiger partial charge in [0, 0.05) is 43.2 Å². The molecule has 6 nitrogen and oxygen atoms in total. The van der Waals surface area contributed by atoms with Gasteiger partial charge in [0.1, 0.15) is 5.75 Å². The number of carbonyl (C=O) groups is 2. The molecule has 0 aliphatic carbocycles. The quantitative estimate of drug-likeness (QED) is 0.758. The Labute approximate surface area is 157 Å². The number of piperazine rings is 1. The van der Waals surface area contributed by atoms with Crippen LogP contribution in [0.1, 0.15) is 11.3 Å². The lowest BCUT2D eigenvalue weighted by atomic mass is 10.2.